The first-order chi connectivity index (χ1) is 8.47. The SMILES string of the molecule is CN(CC1CC1)c1cc(OC(F)F)c(F)cc1N. The maximum atomic E-state index is 13.4. The zero-order valence-corrected chi connectivity index (χ0v) is 10.00. The molecule has 0 radical (unpaired) electrons. The van der Waals surface area contributed by atoms with E-state index >= 15 is 0 Å². The number of hydrogen-bond donors (Lipinski definition) is 1. The molecule has 2 N–H and O–H groups in total. The van der Waals surface area contributed by atoms with Crippen LogP contribution in [0, 0.1) is 11.7 Å². The van der Waals surface area contributed by atoms with Gasteiger partial charge in [0.25, 0.3) is 0 Å². The summed E-state index contributed by atoms with van der Waals surface area (Å²) in [5, 5.41) is 0. The molecule has 100 valence electrons. The number of ether oxygens (including phenoxy) is 1. The van der Waals surface area contributed by atoms with E-state index in [1.54, 1.807) is 7.05 Å². The molecule has 0 saturated heterocycles. The number of rotatable bonds is 5. The number of anilines is 2. The second-order valence-corrected chi connectivity index (χ2v) is 4.54. The lowest BCUT2D eigenvalue weighted by Crippen LogP contribution is -2.21. The van der Waals surface area contributed by atoms with Crippen molar-refractivity contribution in [1.82, 2.24) is 0 Å². The van der Waals surface area contributed by atoms with E-state index in [1.807, 2.05) is 4.90 Å². The summed E-state index contributed by atoms with van der Waals surface area (Å²) < 4.78 is 41.7. The molecule has 0 spiro atoms. The second kappa shape index (κ2) is 4.96. The molecule has 0 unspecified atom stereocenters. The maximum absolute atomic E-state index is 13.4. The number of benzene rings is 1. The van der Waals surface area contributed by atoms with E-state index < -0.39 is 18.2 Å². The number of halogens is 3. The van der Waals surface area contributed by atoms with Gasteiger partial charge in [0, 0.05) is 25.7 Å². The highest BCUT2D eigenvalue weighted by Crippen LogP contribution is 2.35. The molecule has 0 heterocycles. The largest absolute Gasteiger partial charge is 0.432 e. The Morgan fingerprint density at radius 1 is 1.44 bits per heavy atom. The summed E-state index contributed by atoms with van der Waals surface area (Å²) in [5.41, 5.74) is 6.43. The highest BCUT2D eigenvalue weighted by molar-refractivity contribution is 5.69. The fraction of sp³-hybridized carbons (Fsp3) is 0.500. The van der Waals surface area contributed by atoms with Gasteiger partial charge in [-0.05, 0) is 18.8 Å². The van der Waals surface area contributed by atoms with Crippen molar-refractivity contribution in [2.24, 2.45) is 5.92 Å². The summed E-state index contributed by atoms with van der Waals surface area (Å²) in [4.78, 5) is 1.84. The number of alkyl halides is 2. The third-order valence-corrected chi connectivity index (χ3v) is 2.94. The molecule has 1 fully saturated rings. The first-order valence-electron chi connectivity index (χ1n) is 5.72. The van der Waals surface area contributed by atoms with E-state index in [1.165, 1.54) is 6.07 Å². The lowest BCUT2D eigenvalue weighted by Gasteiger charge is -2.22. The molecular formula is C12H15F3N2O. The number of hydrogen-bond acceptors (Lipinski definition) is 3. The van der Waals surface area contributed by atoms with E-state index in [-0.39, 0.29) is 5.69 Å². The Labute approximate surface area is 103 Å². The van der Waals surface area contributed by atoms with Gasteiger partial charge in [0.2, 0.25) is 0 Å². The monoisotopic (exact) mass is 260 g/mol. The second-order valence-electron chi connectivity index (χ2n) is 4.54. The van der Waals surface area contributed by atoms with Gasteiger partial charge in [0.1, 0.15) is 0 Å². The van der Waals surface area contributed by atoms with Crippen LogP contribution in [0.1, 0.15) is 12.8 Å². The fourth-order valence-corrected chi connectivity index (χ4v) is 1.86. The highest BCUT2D eigenvalue weighted by atomic mass is 19.3. The van der Waals surface area contributed by atoms with E-state index in [0.29, 0.717) is 11.6 Å². The predicted molar refractivity (Wildman–Crippen MR) is 63.4 cm³/mol. The normalized spacial score (nSPS) is 14.9. The van der Waals surface area contributed by atoms with E-state index in [2.05, 4.69) is 4.74 Å². The average molecular weight is 260 g/mol. The van der Waals surface area contributed by atoms with Gasteiger partial charge in [-0.3, -0.25) is 0 Å². The van der Waals surface area contributed by atoms with Crippen molar-refractivity contribution in [2.45, 2.75) is 19.5 Å². The van der Waals surface area contributed by atoms with Gasteiger partial charge in [-0.1, -0.05) is 0 Å². The Hall–Kier alpha value is -1.59. The van der Waals surface area contributed by atoms with Crippen LogP contribution in [0.2, 0.25) is 0 Å². The minimum absolute atomic E-state index is 0.220. The molecule has 0 amide bonds. The van der Waals surface area contributed by atoms with Gasteiger partial charge in [0.15, 0.2) is 11.6 Å². The molecule has 18 heavy (non-hydrogen) atoms. The minimum atomic E-state index is -3.05. The lowest BCUT2D eigenvalue weighted by atomic mass is 10.2. The third-order valence-electron chi connectivity index (χ3n) is 2.94. The molecule has 6 heteroatoms. The first-order valence-corrected chi connectivity index (χ1v) is 5.72. The lowest BCUT2D eigenvalue weighted by molar-refractivity contribution is -0.0521. The molecule has 2 rings (SSSR count). The number of nitrogens with zero attached hydrogens (tertiary/aromatic N) is 1. The standard InChI is InChI=1S/C12H15F3N2O/c1-17(6-7-2-3-7)10-5-11(18-12(14)15)8(13)4-9(10)16/h4-5,7,12H,2-3,6,16H2,1H3. The van der Waals surface area contributed by atoms with Crippen molar-refractivity contribution in [3.63, 3.8) is 0 Å². The zero-order valence-electron chi connectivity index (χ0n) is 10.00. The molecule has 0 aromatic heterocycles. The van der Waals surface area contributed by atoms with Gasteiger partial charge >= 0.3 is 6.61 Å². The zero-order chi connectivity index (χ0) is 13.3. The molecule has 0 aliphatic heterocycles. The van der Waals surface area contributed by atoms with Crippen LogP contribution in [0.25, 0.3) is 0 Å². The van der Waals surface area contributed by atoms with Crippen LogP contribution in [-0.2, 0) is 0 Å². The van der Waals surface area contributed by atoms with Crippen molar-refractivity contribution in [2.75, 3.05) is 24.2 Å². The van der Waals surface area contributed by atoms with E-state index in [0.717, 1.165) is 25.5 Å². The average Bonchev–Trinajstić information content (AvgIpc) is 3.05. The van der Waals surface area contributed by atoms with Crippen LogP contribution in [0.3, 0.4) is 0 Å². The summed E-state index contributed by atoms with van der Waals surface area (Å²) >= 11 is 0. The summed E-state index contributed by atoms with van der Waals surface area (Å²) in [6.45, 7) is -2.27. The van der Waals surface area contributed by atoms with Crippen LogP contribution in [0.15, 0.2) is 12.1 Å². The Bertz CT molecular complexity index is 436. The molecule has 1 aromatic rings. The summed E-state index contributed by atoms with van der Waals surface area (Å²) in [5.74, 6) is -0.743. The summed E-state index contributed by atoms with van der Waals surface area (Å²) in [6.07, 6.45) is 2.32. The third kappa shape index (κ3) is 3.00. The topological polar surface area (TPSA) is 38.5 Å². The van der Waals surface area contributed by atoms with Crippen molar-refractivity contribution in [3.05, 3.63) is 17.9 Å². The molecule has 1 aliphatic carbocycles. The molecule has 1 aliphatic rings. The van der Waals surface area contributed by atoms with Crippen molar-refractivity contribution < 1.29 is 17.9 Å². The molecule has 3 nitrogen and oxygen atoms in total. The van der Waals surface area contributed by atoms with Crippen LogP contribution >= 0.6 is 0 Å². The van der Waals surface area contributed by atoms with Gasteiger partial charge in [-0.25, -0.2) is 4.39 Å². The Kier molecular flexibility index (Phi) is 3.54. The van der Waals surface area contributed by atoms with Crippen molar-refractivity contribution in [1.29, 1.82) is 0 Å². The van der Waals surface area contributed by atoms with Crippen molar-refractivity contribution in [3.8, 4) is 5.75 Å². The molecular weight excluding hydrogens is 245 g/mol. The van der Waals surface area contributed by atoms with Gasteiger partial charge in [-0.2, -0.15) is 8.78 Å². The molecule has 0 bridgehead atoms. The number of nitrogen functional groups attached to an aromatic ring is 1. The fourth-order valence-electron chi connectivity index (χ4n) is 1.86. The minimum Gasteiger partial charge on any atom is -0.432 e. The van der Waals surface area contributed by atoms with Crippen LogP contribution in [0.5, 0.6) is 5.75 Å². The Balaban J connectivity index is 2.21. The maximum Gasteiger partial charge on any atom is 0.387 e. The smallest absolute Gasteiger partial charge is 0.387 e. The summed E-state index contributed by atoms with van der Waals surface area (Å²) in [7, 11) is 1.80. The van der Waals surface area contributed by atoms with Crippen molar-refractivity contribution >= 4 is 11.4 Å². The van der Waals surface area contributed by atoms with Crippen LogP contribution in [-0.4, -0.2) is 20.2 Å². The Morgan fingerprint density at radius 2 is 2.11 bits per heavy atom. The van der Waals surface area contributed by atoms with Gasteiger partial charge < -0.3 is 15.4 Å². The van der Waals surface area contributed by atoms with Gasteiger partial charge in [-0.15, -0.1) is 0 Å². The van der Waals surface area contributed by atoms with E-state index in [9.17, 15) is 13.2 Å². The van der Waals surface area contributed by atoms with Crippen LogP contribution < -0.4 is 15.4 Å². The highest BCUT2D eigenvalue weighted by Gasteiger charge is 2.24. The Morgan fingerprint density at radius 3 is 2.67 bits per heavy atom. The predicted octanol–water partition coefficient (Wildman–Crippen LogP) is 2.86. The molecule has 0 atom stereocenters. The van der Waals surface area contributed by atoms with E-state index in [4.69, 9.17) is 5.73 Å². The van der Waals surface area contributed by atoms with Crippen LogP contribution in [0.4, 0.5) is 24.5 Å². The van der Waals surface area contributed by atoms with Gasteiger partial charge in [0.05, 0.1) is 11.4 Å². The molecule has 1 aromatic carbocycles. The summed E-state index contributed by atoms with van der Waals surface area (Å²) in [6, 6.07) is 2.23. The number of nitrogens with two attached hydrogens (primary N) is 1. The first kappa shape index (κ1) is 12.9. The quantitative estimate of drug-likeness (QED) is 0.827. The molecule has 1 saturated carbocycles.